The average Bonchev–Trinajstić information content (AvgIpc) is 2.86. The van der Waals surface area contributed by atoms with Crippen LogP contribution in [0, 0.1) is 0 Å². The van der Waals surface area contributed by atoms with Gasteiger partial charge in [-0.1, -0.05) is 15.9 Å². The Hall–Kier alpha value is -0.440. The quantitative estimate of drug-likeness (QED) is 0.173. The molecule has 0 aromatic heterocycles. The summed E-state index contributed by atoms with van der Waals surface area (Å²) in [5.41, 5.74) is -1.48. The summed E-state index contributed by atoms with van der Waals surface area (Å²) in [6, 6.07) is 0. The molecule has 1 aliphatic heterocycles. The van der Waals surface area contributed by atoms with Crippen molar-refractivity contribution in [1.82, 2.24) is 4.90 Å². The van der Waals surface area contributed by atoms with E-state index < -0.39 is 28.3 Å². The molecular formula is C10H11Br2F4N3. The predicted octanol–water partition coefficient (Wildman–Crippen LogP) is 4.00. The van der Waals surface area contributed by atoms with Crippen molar-refractivity contribution in [3.63, 3.8) is 0 Å². The van der Waals surface area contributed by atoms with Gasteiger partial charge in [-0.15, -0.1) is 0 Å². The molecule has 0 radical (unpaired) electrons. The number of nitrogens with zero attached hydrogens (tertiary/aromatic N) is 3. The first kappa shape index (κ1) is 16.6. The van der Waals surface area contributed by atoms with Crippen LogP contribution >= 0.6 is 31.9 Å². The SMILES string of the molecule is C=N/C(Br)=C(/F)[C@@]1(C)C(Br)N1C(=NCC)C(F)(F)F. The molecule has 0 aromatic rings. The molecule has 0 amide bonds. The Bertz CT molecular complexity index is 447. The monoisotopic (exact) mass is 407 g/mol. The third-order valence-corrected chi connectivity index (χ3v) is 4.58. The van der Waals surface area contributed by atoms with Gasteiger partial charge in [0, 0.05) is 6.54 Å². The maximum absolute atomic E-state index is 14.1. The van der Waals surface area contributed by atoms with E-state index in [-0.39, 0.29) is 11.2 Å². The van der Waals surface area contributed by atoms with Crippen molar-refractivity contribution in [1.29, 1.82) is 0 Å². The zero-order valence-electron chi connectivity index (χ0n) is 10.1. The van der Waals surface area contributed by atoms with Gasteiger partial charge in [0.25, 0.3) is 0 Å². The Morgan fingerprint density at radius 1 is 1.47 bits per heavy atom. The van der Waals surface area contributed by atoms with Crippen LogP contribution < -0.4 is 0 Å². The van der Waals surface area contributed by atoms with Gasteiger partial charge in [-0.05, 0) is 36.5 Å². The summed E-state index contributed by atoms with van der Waals surface area (Å²) < 4.78 is 52.5. The summed E-state index contributed by atoms with van der Waals surface area (Å²) in [6.45, 7) is 5.87. The van der Waals surface area contributed by atoms with Gasteiger partial charge in [0.2, 0.25) is 5.84 Å². The molecule has 1 heterocycles. The zero-order chi connectivity index (χ0) is 15.0. The molecule has 1 fully saturated rings. The summed E-state index contributed by atoms with van der Waals surface area (Å²) in [4.78, 5) is 6.71. The molecule has 0 bridgehead atoms. The van der Waals surface area contributed by atoms with Gasteiger partial charge in [-0.3, -0.25) is 9.98 Å². The Balaban J connectivity index is 3.19. The van der Waals surface area contributed by atoms with Crippen LogP contribution in [0.15, 0.2) is 20.4 Å². The lowest BCUT2D eigenvalue weighted by atomic mass is 10.1. The number of aliphatic imine (C=N–C) groups is 2. The van der Waals surface area contributed by atoms with E-state index in [2.05, 4.69) is 48.6 Å². The van der Waals surface area contributed by atoms with Crippen LogP contribution in [0.4, 0.5) is 17.6 Å². The van der Waals surface area contributed by atoms with Crippen molar-refractivity contribution in [3.05, 3.63) is 10.4 Å². The molecular weight excluding hydrogens is 398 g/mol. The largest absolute Gasteiger partial charge is 0.449 e. The highest BCUT2D eigenvalue weighted by atomic mass is 79.9. The number of alkyl halides is 4. The summed E-state index contributed by atoms with van der Waals surface area (Å²) in [7, 11) is 0. The summed E-state index contributed by atoms with van der Waals surface area (Å²) in [5, 5.41) is 0. The minimum absolute atomic E-state index is 0.0483. The van der Waals surface area contributed by atoms with E-state index in [1.165, 1.54) is 13.8 Å². The van der Waals surface area contributed by atoms with E-state index >= 15 is 0 Å². The third-order valence-electron chi connectivity index (χ3n) is 2.68. The van der Waals surface area contributed by atoms with E-state index in [9.17, 15) is 17.6 Å². The van der Waals surface area contributed by atoms with Crippen molar-refractivity contribution in [2.45, 2.75) is 30.5 Å². The highest BCUT2D eigenvalue weighted by Crippen LogP contribution is 2.54. The number of hydrogen-bond acceptors (Lipinski definition) is 2. The lowest BCUT2D eigenvalue weighted by molar-refractivity contribution is -0.0659. The summed E-state index contributed by atoms with van der Waals surface area (Å²) in [6.07, 6.45) is -4.64. The van der Waals surface area contributed by atoms with E-state index in [0.29, 0.717) is 0 Å². The van der Waals surface area contributed by atoms with E-state index in [0.717, 1.165) is 4.90 Å². The Labute approximate surface area is 124 Å². The number of amidine groups is 1. The van der Waals surface area contributed by atoms with Crippen LogP contribution in [0.1, 0.15) is 13.8 Å². The second kappa shape index (κ2) is 5.51. The van der Waals surface area contributed by atoms with Gasteiger partial charge in [0.1, 0.15) is 15.1 Å². The normalized spacial score (nSPS) is 29.2. The first-order valence-corrected chi connectivity index (χ1v) is 6.90. The minimum atomic E-state index is -4.64. The number of rotatable bonds is 3. The van der Waals surface area contributed by atoms with Crippen LogP contribution in [0.3, 0.4) is 0 Å². The van der Waals surface area contributed by atoms with Crippen molar-refractivity contribution >= 4 is 44.4 Å². The van der Waals surface area contributed by atoms with Crippen molar-refractivity contribution in [2.24, 2.45) is 9.98 Å². The van der Waals surface area contributed by atoms with E-state index in [1.807, 2.05) is 0 Å². The Morgan fingerprint density at radius 3 is 2.37 bits per heavy atom. The molecule has 0 aromatic carbocycles. The maximum Gasteiger partial charge on any atom is 0.449 e. The van der Waals surface area contributed by atoms with Gasteiger partial charge in [0.15, 0.2) is 5.83 Å². The smallest absolute Gasteiger partial charge is 0.322 e. The van der Waals surface area contributed by atoms with Crippen LogP contribution in [0.5, 0.6) is 0 Å². The fourth-order valence-electron chi connectivity index (χ4n) is 1.62. The van der Waals surface area contributed by atoms with Gasteiger partial charge in [-0.25, -0.2) is 4.39 Å². The van der Waals surface area contributed by atoms with Gasteiger partial charge in [0.05, 0.1) is 0 Å². The highest BCUT2D eigenvalue weighted by Gasteiger charge is 2.67. The molecule has 19 heavy (non-hydrogen) atoms. The van der Waals surface area contributed by atoms with Gasteiger partial charge in [-0.2, -0.15) is 13.2 Å². The molecule has 108 valence electrons. The van der Waals surface area contributed by atoms with Crippen LogP contribution in [0.25, 0.3) is 0 Å². The summed E-state index contributed by atoms with van der Waals surface area (Å²) >= 11 is 5.84. The van der Waals surface area contributed by atoms with Gasteiger partial charge < -0.3 is 4.90 Å². The second-order valence-corrected chi connectivity index (χ2v) is 5.53. The predicted molar refractivity (Wildman–Crippen MR) is 73.6 cm³/mol. The molecule has 9 heteroatoms. The summed E-state index contributed by atoms with van der Waals surface area (Å²) in [5.74, 6) is -1.95. The van der Waals surface area contributed by atoms with Crippen molar-refractivity contribution in [2.75, 3.05) is 6.54 Å². The number of halogens is 6. The Morgan fingerprint density at radius 2 is 2.00 bits per heavy atom. The average molecular weight is 409 g/mol. The molecule has 1 rings (SSSR count). The first-order chi connectivity index (χ1) is 8.62. The number of hydrogen-bond donors (Lipinski definition) is 0. The molecule has 2 atom stereocenters. The molecule has 0 aliphatic carbocycles. The molecule has 0 N–H and O–H groups in total. The van der Waals surface area contributed by atoms with E-state index in [4.69, 9.17) is 0 Å². The molecule has 0 spiro atoms. The molecule has 1 aliphatic rings. The third kappa shape index (κ3) is 2.86. The van der Waals surface area contributed by atoms with Crippen molar-refractivity contribution in [3.8, 4) is 0 Å². The molecule has 1 saturated heterocycles. The fraction of sp³-hybridized carbons (Fsp3) is 0.600. The lowest BCUT2D eigenvalue weighted by Crippen LogP contribution is -2.34. The molecule has 0 saturated carbocycles. The maximum atomic E-state index is 14.1. The van der Waals surface area contributed by atoms with Crippen molar-refractivity contribution < 1.29 is 17.6 Å². The van der Waals surface area contributed by atoms with E-state index in [1.54, 1.807) is 0 Å². The lowest BCUT2D eigenvalue weighted by Gasteiger charge is -2.16. The van der Waals surface area contributed by atoms with Crippen LogP contribution in [-0.4, -0.2) is 40.7 Å². The molecule has 3 nitrogen and oxygen atoms in total. The van der Waals surface area contributed by atoms with Gasteiger partial charge >= 0.3 is 6.18 Å². The fourth-order valence-corrected chi connectivity index (χ4v) is 2.94. The van der Waals surface area contributed by atoms with Crippen LogP contribution in [0.2, 0.25) is 0 Å². The molecule has 1 unspecified atom stereocenters. The topological polar surface area (TPSA) is 27.7 Å². The second-order valence-electron chi connectivity index (χ2n) is 3.91. The minimum Gasteiger partial charge on any atom is -0.322 e. The standard InChI is InChI=1S/C10H11Br2F4N3/c1-4-18-8(10(14,15)16)19-7(12)9(19,2)5(13)6(11)17-3/h7H,3-4H2,1-2H3/b6-5+,18-8?/t7?,9-,19?/m0/s1. The highest BCUT2D eigenvalue weighted by molar-refractivity contribution is 9.11. The Kier molecular flexibility index (Phi) is 4.82. The van der Waals surface area contributed by atoms with Crippen LogP contribution in [-0.2, 0) is 0 Å². The zero-order valence-corrected chi connectivity index (χ0v) is 13.3. The first-order valence-electron chi connectivity index (χ1n) is 5.19.